The summed E-state index contributed by atoms with van der Waals surface area (Å²) in [6.45, 7) is 1.75. The van der Waals surface area contributed by atoms with Crippen LogP contribution in [0.1, 0.15) is 22.8 Å². The number of hydrogen-bond acceptors (Lipinski definition) is 5. The van der Waals surface area contributed by atoms with Crippen molar-refractivity contribution in [2.45, 2.75) is 18.4 Å². The van der Waals surface area contributed by atoms with E-state index in [9.17, 15) is 19.1 Å². The van der Waals surface area contributed by atoms with Crippen LogP contribution in [0.2, 0.25) is 0 Å². The van der Waals surface area contributed by atoms with E-state index in [0.717, 1.165) is 10.5 Å². The highest BCUT2D eigenvalue weighted by molar-refractivity contribution is 7.84. The van der Waals surface area contributed by atoms with Crippen molar-refractivity contribution in [1.82, 2.24) is 0 Å². The summed E-state index contributed by atoms with van der Waals surface area (Å²) in [6.07, 6.45) is 1.60. The molecule has 2 rings (SSSR count). The van der Waals surface area contributed by atoms with Crippen molar-refractivity contribution in [2.24, 2.45) is 0 Å². The van der Waals surface area contributed by atoms with Gasteiger partial charge in [-0.05, 0) is 36.8 Å². The average molecular weight is 332 g/mol. The summed E-state index contributed by atoms with van der Waals surface area (Å²) in [5.41, 5.74) is 1.42. The van der Waals surface area contributed by atoms with Crippen LogP contribution in [0.3, 0.4) is 0 Å². The maximum Gasteiger partial charge on any atom is 0.293 e. The van der Waals surface area contributed by atoms with Gasteiger partial charge in [0, 0.05) is 40.1 Å². The number of nitrogens with zero attached hydrogens (tertiary/aromatic N) is 1. The number of nitrogens with one attached hydrogen (secondary N) is 1. The monoisotopic (exact) mass is 332 g/mol. The van der Waals surface area contributed by atoms with Gasteiger partial charge in [0.1, 0.15) is 5.69 Å². The highest BCUT2D eigenvalue weighted by Crippen LogP contribution is 2.26. The van der Waals surface area contributed by atoms with Crippen LogP contribution in [0, 0.1) is 10.1 Å². The van der Waals surface area contributed by atoms with E-state index in [2.05, 4.69) is 5.32 Å². The van der Waals surface area contributed by atoms with E-state index < -0.39 is 15.7 Å². The number of ketones is 1. The number of nitro benzene ring substituents is 1. The van der Waals surface area contributed by atoms with Crippen molar-refractivity contribution in [1.29, 1.82) is 0 Å². The Hall–Kier alpha value is -2.54. The second-order valence-corrected chi connectivity index (χ2v) is 6.38. The van der Waals surface area contributed by atoms with Crippen molar-refractivity contribution < 1.29 is 13.9 Å². The fourth-order valence-electron chi connectivity index (χ4n) is 2.05. The molecule has 23 heavy (non-hydrogen) atoms. The molecule has 0 saturated carbocycles. The van der Waals surface area contributed by atoms with Gasteiger partial charge < -0.3 is 5.32 Å². The molecular weight excluding hydrogens is 316 g/mol. The number of rotatable bonds is 6. The highest BCUT2D eigenvalue weighted by Gasteiger charge is 2.15. The van der Waals surface area contributed by atoms with E-state index in [1.165, 1.54) is 19.1 Å². The van der Waals surface area contributed by atoms with Gasteiger partial charge in [0.25, 0.3) is 5.69 Å². The molecule has 0 aromatic heterocycles. The molecule has 2 aromatic rings. The molecule has 0 spiro atoms. The van der Waals surface area contributed by atoms with Crippen LogP contribution in [0.25, 0.3) is 0 Å². The first-order chi connectivity index (χ1) is 10.9. The Morgan fingerprint density at radius 2 is 1.87 bits per heavy atom. The summed E-state index contributed by atoms with van der Waals surface area (Å²) < 4.78 is 11.3. The quantitative estimate of drug-likeness (QED) is 0.498. The van der Waals surface area contributed by atoms with Crippen LogP contribution >= 0.6 is 0 Å². The third-order valence-electron chi connectivity index (χ3n) is 3.34. The summed E-state index contributed by atoms with van der Waals surface area (Å²) in [6, 6.07) is 11.5. The third-order valence-corrected chi connectivity index (χ3v) is 4.28. The van der Waals surface area contributed by atoms with Crippen LogP contribution in [0.15, 0.2) is 47.4 Å². The Labute approximate surface area is 136 Å². The first-order valence-electron chi connectivity index (χ1n) is 6.84. The second kappa shape index (κ2) is 7.15. The molecule has 6 nitrogen and oxygen atoms in total. The molecule has 120 valence electrons. The van der Waals surface area contributed by atoms with Gasteiger partial charge in [-0.2, -0.15) is 0 Å². The maximum absolute atomic E-state index is 11.3. The molecule has 1 N–H and O–H groups in total. The van der Waals surface area contributed by atoms with Gasteiger partial charge in [-0.25, -0.2) is 0 Å². The van der Waals surface area contributed by atoms with Gasteiger partial charge in [0.05, 0.1) is 4.92 Å². The molecule has 0 fully saturated rings. The number of hydrogen-bond donors (Lipinski definition) is 1. The molecule has 0 aliphatic rings. The van der Waals surface area contributed by atoms with E-state index in [4.69, 9.17) is 0 Å². The van der Waals surface area contributed by atoms with Gasteiger partial charge in [0.15, 0.2) is 5.78 Å². The summed E-state index contributed by atoms with van der Waals surface area (Å²) in [5, 5.41) is 14.1. The van der Waals surface area contributed by atoms with Gasteiger partial charge in [-0.3, -0.25) is 19.1 Å². The Morgan fingerprint density at radius 1 is 1.22 bits per heavy atom. The van der Waals surface area contributed by atoms with E-state index in [1.54, 1.807) is 24.5 Å². The number of carbonyl (C=O) groups is 1. The molecule has 0 bridgehead atoms. The molecule has 0 radical (unpaired) electrons. The van der Waals surface area contributed by atoms with Crippen LogP contribution in [0.4, 0.5) is 11.4 Å². The van der Waals surface area contributed by atoms with E-state index in [-0.39, 0.29) is 11.5 Å². The van der Waals surface area contributed by atoms with Crippen molar-refractivity contribution in [3.63, 3.8) is 0 Å². The Balaban J connectivity index is 2.18. The van der Waals surface area contributed by atoms with Gasteiger partial charge in [0.2, 0.25) is 0 Å². The highest BCUT2D eigenvalue weighted by atomic mass is 32.2. The molecule has 0 aliphatic heterocycles. The number of Topliss-reactive ketones (excluding diaryl/α,β-unsaturated/α-hetero) is 1. The predicted molar refractivity (Wildman–Crippen MR) is 89.2 cm³/mol. The first kappa shape index (κ1) is 16.8. The lowest BCUT2D eigenvalue weighted by Gasteiger charge is -2.08. The maximum atomic E-state index is 11.3. The van der Waals surface area contributed by atoms with Gasteiger partial charge in [-0.15, -0.1) is 0 Å². The van der Waals surface area contributed by atoms with Crippen LogP contribution in [0.5, 0.6) is 0 Å². The molecule has 2 aromatic carbocycles. The van der Waals surface area contributed by atoms with E-state index in [0.29, 0.717) is 17.8 Å². The largest absolute Gasteiger partial charge is 0.375 e. The summed E-state index contributed by atoms with van der Waals surface area (Å²) >= 11 is 0. The SMILES string of the molecule is CC(=O)c1ccc(NCc2ccc([S@](C)=O)cc2)c([N+](=O)[O-])c1. The Morgan fingerprint density at radius 3 is 2.39 bits per heavy atom. The lowest BCUT2D eigenvalue weighted by molar-refractivity contribution is -0.384. The van der Waals surface area contributed by atoms with Crippen molar-refractivity contribution in [3.8, 4) is 0 Å². The second-order valence-electron chi connectivity index (χ2n) is 5.00. The fourth-order valence-corrected chi connectivity index (χ4v) is 2.57. The first-order valence-corrected chi connectivity index (χ1v) is 8.40. The zero-order chi connectivity index (χ0) is 17.0. The standard InChI is InChI=1S/C16H16N2O4S/c1-11(19)13-5-8-15(16(9-13)18(20)21)17-10-12-3-6-14(7-4-12)23(2)22/h3-9,17H,10H2,1-2H3/t23-/m0/s1. The number of carbonyl (C=O) groups excluding carboxylic acids is 1. The molecule has 0 heterocycles. The Bertz CT molecular complexity index is 772. The third kappa shape index (κ3) is 4.23. The van der Waals surface area contributed by atoms with E-state index >= 15 is 0 Å². The topological polar surface area (TPSA) is 89.3 Å². The minimum absolute atomic E-state index is 0.135. The fraction of sp³-hybridized carbons (Fsp3) is 0.188. The molecule has 0 unspecified atom stereocenters. The minimum Gasteiger partial charge on any atom is -0.375 e. The molecular formula is C16H16N2O4S. The smallest absolute Gasteiger partial charge is 0.293 e. The summed E-state index contributed by atoms with van der Waals surface area (Å²) in [5.74, 6) is -0.220. The molecule has 7 heteroatoms. The van der Waals surface area contributed by atoms with Gasteiger partial charge >= 0.3 is 0 Å². The van der Waals surface area contributed by atoms with E-state index in [1.807, 2.05) is 12.1 Å². The average Bonchev–Trinajstić information content (AvgIpc) is 2.52. The lowest BCUT2D eigenvalue weighted by Crippen LogP contribution is -2.04. The Kier molecular flexibility index (Phi) is 5.23. The summed E-state index contributed by atoms with van der Waals surface area (Å²) in [7, 11) is -1.04. The zero-order valence-corrected chi connectivity index (χ0v) is 13.6. The van der Waals surface area contributed by atoms with Crippen molar-refractivity contribution in [2.75, 3.05) is 11.6 Å². The van der Waals surface area contributed by atoms with Crippen LogP contribution in [-0.4, -0.2) is 21.2 Å². The van der Waals surface area contributed by atoms with Crippen molar-refractivity contribution in [3.05, 3.63) is 63.7 Å². The zero-order valence-electron chi connectivity index (χ0n) is 12.7. The summed E-state index contributed by atoms with van der Waals surface area (Å²) in [4.78, 5) is 22.7. The molecule has 1 atom stereocenters. The molecule has 0 aliphatic carbocycles. The van der Waals surface area contributed by atoms with Crippen LogP contribution in [-0.2, 0) is 17.3 Å². The normalized spacial score (nSPS) is 11.7. The molecule has 0 saturated heterocycles. The van der Waals surface area contributed by atoms with Crippen LogP contribution < -0.4 is 5.32 Å². The number of anilines is 1. The number of benzene rings is 2. The minimum atomic E-state index is -1.04. The predicted octanol–water partition coefficient (Wildman–Crippen LogP) is 3.15. The van der Waals surface area contributed by atoms with Crippen molar-refractivity contribution >= 4 is 28.0 Å². The van der Waals surface area contributed by atoms with Gasteiger partial charge in [-0.1, -0.05) is 12.1 Å². The molecule has 0 amide bonds. The lowest BCUT2D eigenvalue weighted by atomic mass is 10.1. The number of nitro groups is 1.